The highest BCUT2D eigenvalue weighted by atomic mass is 32.1. The van der Waals surface area contributed by atoms with Crippen LogP contribution < -0.4 is 4.80 Å². The Morgan fingerprint density at radius 3 is 2.76 bits per heavy atom. The SMILES string of the molecule is CCOC(=O)c1sc(=NC(=O)c2cc(C)no2)n(C)c1C. The van der Waals surface area contributed by atoms with E-state index >= 15 is 0 Å². The zero-order valence-corrected chi connectivity index (χ0v) is 13.0. The number of esters is 1. The lowest BCUT2D eigenvalue weighted by atomic mass is 10.4. The van der Waals surface area contributed by atoms with Crippen molar-refractivity contribution >= 4 is 23.2 Å². The Labute approximate surface area is 124 Å². The van der Waals surface area contributed by atoms with Crippen LogP contribution in [0.4, 0.5) is 0 Å². The summed E-state index contributed by atoms with van der Waals surface area (Å²) in [6.45, 7) is 5.52. The lowest BCUT2D eigenvalue weighted by molar-refractivity contribution is 0.0530. The van der Waals surface area contributed by atoms with Crippen molar-refractivity contribution in [3.63, 3.8) is 0 Å². The third-order valence-corrected chi connectivity index (χ3v) is 4.02. The van der Waals surface area contributed by atoms with Crippen LogP contribution >= 0.6 is 11.3 Å². The van der Waals surface area contributed by atoms with Crippen molar-refractivity contribution in [1.82, 2.24) is 9.72 Å². The molecule has 2 heterocycles. The molecule has 2 aromatic rings. The number of carbonyl (C=O) groups excluding carboxylic acids is 2. The molecule has 0 atom stereocenters. The van der Waals surface area contributed by atoms with Gasteiger partial charge in [0.25, 0.3) is 0 Å². The molecule has 1 amide bonds. The lowest BCUT2D eigenvalue weighted by Crippen LogP contribution is -2.14. The summed E-state index contributed by atoms with van der Waals surface area (Å²) in [7, 11) is 1.73. The van der Waals surface area contributed by atoms with E-state index in [2.05, 4.69) is 10.1 Å². The molecule has 7 nitrogen and oxygen atoms in total. The summed E-state index contributed by atoms with van der Waals surface area (Å²) >= 11 is 1.10. The minimum atomic E-state index is -0.539. The molecule has 2 rings (SSSR count). The number of thiazole rings is 1. The number of aromatic nitrogens is 2. The second-order valence-corrected chi connectivity index (χ2v) is 5.31. The summed E-state index contributed by atoms with van der Waals surface area (Å²) in [4.78, 5) is 28.6. The Kier molecular flexibility index (Phi) is 4.37. The van der Waals surface area contributed by atoms with Gasteiger partial charge in [0.05, 0.1) is 12.3 Å². The number of carbonyl (C=O) groups is 2. The third kappa shape index (κ3) is 3.10. The minimum Gasteiger partial charge on any atom is -0.462 e. The molecule has 0 N–H and O–H groups in total. The zero-order chi connectivity index (χ0) is 15.6. The van der Waals surface area contributed by atoms with E-state index in [1.165, 1.54) is 6.07 Å². The van der Waals surface area contributed by atoms with Gasteiger partial charge in [0.15, 0.2) is 4.80 Å². The molecule has 112 valence electrons. The first-order chi connectivity index (χ1) is 9.93. The van der Waals surface area contributed by atoms with Crippen LogP contribution in [0.3, 0.4) is 0 Å². The van der Waals surface area contributed by atoms with Gasteiger partial charge in [-0.05, 0) is 20.8 Å². The first-order valence-electron chi connectivity index (χ1n) is 6.30. The molecule has 0 aliphatic rings. The number of aryl methyl sites for hydroxylation is 1. The predicted octanol–water partition coefficient (Wildman–Crippen LogP) is 1.61. The van der Waals surface area contributed by atoms with Crippen molar-refractivity contribution in [1.29, 1.82) is 0 Å². The van der Waals surface area contributed by atoms with Gasteiger partial charge in [0, 0.05) is 18.8 Å². The maximum absolute atomic E-state index is 12.0. The summed E-state index contributed by atoms with van der Waals surface area (Å²) in [5.74, 6) is -0.890. The van der Waals surface area contributed by atoms with E-state index in [4.69, 9.17) is 9.26 Å². The highest BCUT2D eigenvalue weighted by Gasteiger charge is 2.17. The number of ether oxygens (including phenoxy) is 1. The molecule has 0 saturated heterocycles. The number of hydrogen-bond donors (Lipinski definition) is 0. The summed E-state index contributed by atoms with van der Waals surface area (Å²) in [5, 5.41) is 3.64. The summed E-state index contributed by atoms with van der Waals surface area (Å²) < 4.78 is 11.5. The van der Waals surface area contributed by atoms with Crippen molar-refractivity contribution in [3.8, 4) is 0 Å². The molecule has 0 bridgehead atoms. The van der Waals surface area contributed by atoms with Crippen LogP contribution in [0.15, 0.2) is 15.6 Å². The molecule has 0 saturated carbocycles. The van der Waals surface area contributed by atoms with Crippen molar-refractivity contribution in [2.75, 3.05) is 6.61 Å². The van der Waals surface area contributed by atoms with Crippen molar-refractivity contribution in [3.05, 3.63) is 32.9 Å². The van der Waals surface area contributed by atoms with E-state index in [-0.39, 0.29) is 5.76 Å². The average molecular weight is 309 g/mol. The number of hydrogen-bond acceptors (Lipinski definition) is 6. The van der Waals surface area contributed by atoms with Gasteiger partial charge < -0.3 is 13.8 Å². The average Bonchev–Trinajstić information content (AvgIpc) is 2.98. The van der Waals surface area contributed by atoms with Crippen molar-refractivity contribution < 1.29 is 18.8 Å². The zero-order valence-electron chi connectivity index (χ0n) is 12.2. The van der Waals surface area contributed by atoms with E-state index in [9.17, 15) is 9.59 Å². The number of amides is 1. The van der Waals surface area contributed by atoms with Crippen LogP contribution in [-0.4, -0.2) is 28.2 Å². The maximum Gasteiger partial charge on any atom is 0.350 e. The molecule has 0 unspecified atom stereocenters. The van der Waals surface area contributed by atoms with Gasteiger partial charge in [-0.2, -0.15) is 4.99 Å². The van der Waals surface area contributed by atoms with Gasteiger partial charge in [-0.1, -0.05) is 16.5 Å². The van der Waals surface area contributed by atoms with Crippen LogP contribution in [0.25, 0.3) is 0 Å². The van der Waals surface area contributed by atoms with Crippen LogP contribution in [-0.2, 0) is 11.8 Å². The summed E-state index contributed by atoms with van der Waals surface area (Å²) in [5.41, 5.74) is 1.30. The Morgan fingerprint density at radius 2 is 2.19 bits per heavy atom. The fourth-order valence-electron chi connectivity index (χ4n) is 1.62. The molecule has 0 fully saturated rings. The Bertz CT molecular complexity index is 754. The Balaban J connectivity index is 2.40. The van der Waals surface area contributed by atoms with Gasteiger partial charge in [-0.25, -0.2) is 4.79 Å². The van der Waals surface area contributed by atoms with Crippen molar-refractivity contribution in [2.24, 2.45) is 12.0 Å². The fourth-order valence-corrected chi connectivity index (χ4v) is 2.63. The fraction of sp³-hybridized carbons (Fsp3) is 0.385. The molecule has 0 aliphatic heterocycles. The molecule has 0 radical (unpaired) electrons. The maximum atomic E-state index is 12.0. The van der Waals surface area contributed by atoms with E-state index in [1.807, 2.05) is 0 Å². The van der Waals surface area contributed by atoms with Crippen LogP contribution in [0, 0.1) is 13.8 Å². The monoisotopic (exact) mass is 309 g/mol. The number of rotatable bonds is 3. The predicted molar refractivity (Wildman–Crippen MR) is 75.1 cm³/mol. The smallest absolute Gasteiger partial charge is 0.350 e. The van der Waals surface area contributed by atoms with E-state index in [0.717, 1.165) is 11.3 Å². The minimum absolute atomic E-state index is 0.0660. The normalized spacial score (nSPS) is 11.7. The van der Waals surface area contributed by atoms with Crippen molar-refractivity contribution in [2.45, 2.75) is 20.8 Å². The van der Waals surface area contributed by atoms with Gasteiger partial charge in [-0.15, -0.1) is 0 Å². The topological polar surface area (TPSA) is 86.7 Å². The molecule has 0 spiro atoms. The molecule has 0 aromatic carbocycles. The van der Waals surface area contributed by atoms with E-state index < -0.39 is 11.9 Å². The quantitative estimate of drug-likeness (QED) is 0.804. The molecular formula is C13H15N3O4S. The van der Waals surface area contributed by atoms with Crippen LogP contribution in [0.5, 0.6) is 0 Å². The summed E-state index contributed by atoms with van der Waals surface area (Å²) in [6, 6.07) is 1.51. The largest absolute Gasteiger partial charge is 0.462 e. The second-order valence-electron chi connectivity index (χ2n) is 4.33. The molecule has 21 heavy (non-hydrogen) atoms. The first kappa shape index (κ1) is 15.2. The van der Waals surface area contributed by atoms with Gasteiger partial charge in [-0.3, -0.25) is 4.79 Å². The molecule has 0 aliphatic carbocycles. The molecule has 2 aromatic heterocycles. The van der Waals surface area contributed by atoms with E-state index in [0.29, 0.717) is 27.7 Å². The standard InChI is InChI=1S/C13H15N3O4S/c1-5-19-12(18)10-8(3)16(4)13(21-10)14-11(17)9-6-7(2)15-20-9/h6H,5H2,1-4H3. The number of nitrogens with zero attached hydrogens (tertiary/aromatic N) is 3. The first-order valence-corrected chi connectivity index (χ1v) is 7.11. The highest BCUT2D eigenvalue weighted by molar-refractivity contribution is 7.11. The van der Waals surface area contributed by atoms with Gasteiger partial charge >= 0.3 is 11.9 Å². The molecular weight excluding hydrogens is 294 g/mol. The Hall–Kier alpha value is -2.22. The molecule has 8 heteroatoms. The Morgan fingerprint density at radius 1 is 1.48 bits per heavy atom. The highest BCUT2D eigenvalue weighted by Crippen LogP contribution is 2.13. The van der Waals surface area contributed by atoms with Gasteiger partial charge in [0.2, 0.25) is 5.76 Å². The lowest BCUT2D eigenvalue weighted by Gasteiger charge is -2.00. The third-order valence-electron chi connectivity index (χ3n) is 2.81. The summed E-state index contributed by atoms with van der Waals surface area (Å²) in [6.07, 6.45) is 0. The van der Waals surface area contributed by atoms with Crippen LogP contribution in [0.1, 0.15) is 38.5 Å². The van der Waals surface area contributed by atoms with Gasteiger partial charge in [0.1, 0.15) is 4.88 Å². The van der Waals surface area contributed by atoms with Crippen LogP contribution in [0.2, 0.25) is 0 Å². The second kappa shape index (κ2) is 6.04. The van der Waals surface area contributed by atoms with E-state index in [1.54, 1.807) is 32.4 Å².